The second kappa shape index (κ2) is 9.89. The molecule has 0 bridgehead atoms. The van der Waals surface area contributed by atoms with E-state index in [1.165, 1.54) is 0 Å². The smallest absolute Gasteiger partial charge is 0.337 e. The normalized spacial score (nSPS) is 18.2. The molecule has 0 aliphatic carbocycles. The van der Waals surface area contributed by atoms with Gasteiger partial charge in [0.15, 0.2) is 6.10 Å². The maximum atomic E-state index is 13.9. The van der Waals surface area contributed by atoms with E-state index >= 15 is 0 Å². The molecule has 2 aromatic carbocycles. The summed E-state index contributed by atoms with van der Waals surface area (Å²) in [6.45, 7) is 14.5. The number of likely N-dealkylation sites (tertiary alicyclic amines) is 1. The fourth-order valence-electron chi connectivity index (χ4n) is 6.20. The quantitative estimate of drug-likeness (QED) is 0.380. The third-order valence-electron chi connectivity index (χ3n) is 7.97. The molecule has 2 aliphatic heterocycles. The van der Waals surface area contributed by atoms with Crippen LogP contribution in [0.2, 0.25) is 0 Å². The molecule has 0 unspecified atom stereocenters. The highest BCUT2D eigenvalue weighted by Gasteiger charge is 2.39. The molecule has 3 aromatic rings. The maximum absolute atomic E-state index is 13.9. The number of alkyl halides is 2. The van der Waals surface area contributed by atoms with E-state index in [0.717, 1.165) is 57.6 Å². The van der Waals surface area contributed by atoms with Crippen LogP contribution in [0, 0.1) is 20.8 Å². The largest absolute Gasteiger partial charge is 0.479 e. The van der Waals surface area contributed by atoms with Crippen LogP contribution in [0.1, 0.15) is 55.7 Å². The zero-order valence-electron chi connectivity index (χ0n) is 23.8. The molecule has 39 heavy (non-hydrogen) atoms. The third-order valence-corrected chi connectivity index (χ3v) is 7.97. The highest BCUT2D eigenvalue weighted by atomic mass is 19.3. The number of carbonyl (C=O) groups is 1. The average Bonchev–Trinajstić information content (AvgIpc) is 3.37. The lowest BCUT2D eigenvalue weighted by Gasteiger charge is -2.36. The number of aromatic nitrogens is 1. The molecule has 0 radical (unpaired) electrons. The van der Waals surface area contributed by atoms with Crippen molar-refractivity contribution in [1.29, 1.82) is 0 Å². The summed E-state index contributed by atoms with van der Waals surface area (Å²) < 4.78 is 36.3. The van der Waals surface area contributed by atoms with Crippen LogP contribution in [-0.2, 0) is 16.1 Å². The number of halogens is 2. The molecule has 0 amide bonds. The number of carboxylic acid groups (broad SMARTS) is 1. The van der Waals surface area contributed by atoms with Crippen LogP contribution in [-0.4, -0.2) is 64.8 Å². The molecule has 8 heteroatoms. The molecular formula is C31H39F2N3O3. The molecule has 5 rings (SSSR count). The molecule has 0 saturated carbocycles. The lowest BCUT2D eigenvalue weighted by Crippen LogP contribution is -2.39. The van der Waals surface area contributed by atoms with Crippen molar-refractivity contribution in [2.75, 3.05) is 37.6 Å². The van der Waals surface area contributed by atoms with Gasteiger partial charge in [-0.3, -0.25) is 4.90 Å². The summed E-state index contributed by atoms with van der Waals surface area (Å²) in [5, 5.41) is 11.5. The van der Waals surface area contributed by atoms with Gasteiger partial charge in [-0.1, -0.05) is 29.8 Å². The predicted octanol–water partition coefficient (Wildman–Crippen LogP) is 6.34. The van der Waals surface area contributed by atoms with E-state index in [4.69, 9.17) is 4.74 Å². The van der Waals surface area contributed by atoms with Gasteiger partial charge in [0.1, 0.15) is 0 Å². The van der Waals surface area contributed by atoms with Gasteiger partial charge in [-0.15, -0.1) is 0 Å². The molecular weight excluding hydrogens is 500 g/mol. The van der Waals surface area contributed by atoms with Crippen LogP contribution in [0.4, 0.5) is 14.5 Å². The molecule has 1 atom stereocenters. The van der Waals surface area contributed by atoms with Gasteiger partial charge < -0.3 is 19.3 Å². The zero-order chi connectivity index (χ0) is 28.3. The number of ether oxygens (including phenoxy) is 1. The molecule has 210 valence electrons. The van der Waals surface area contributed by atoms with Crippen molar-refractivity contribution >= 4 is 22.6 Å². The Morgan fingerprint density at radius 2 is 1.77 bits per heavy atom. The Morgan fingerprint density at radius 1 is 1.08 bits per heavy atom. The van der Waals surface area contributed by atoms with E-state index in [1.807, 2.05) is 63.8 Å². The summed E-state index contributed by atoms with van der Waals surface area (Å²) in [5.41, 5.74) is 6.94. The number of hydrogen-bond donors (Lipinski definition) is 1. The van der Waals surface area contributed by atoms with Gasteiger partial charge in [-0.2, -0.15) is 0 Å². The number of anilines is 1. The van der Waals surface area contributed by atoms with Crippen molar-refractivity contribution in [3.8, 4) is 11.1 Å². The number of carboxylic acids is 1. The van der Waals surface area contributed by atoms with Crippen LogP contribution in [0.25, 0.3) is 22.0 Å². The van der Waals surface area contributed by atoms with Gasteiger partial charge in [-0.05, 0) is 64.3 Å². The number of nitrogens with zero attached hydrogens (tertiary/aromatic N) is 3. The van der Waals surface area contributed by atoms with E-state index in [-0.39, 0.29) is 13.0 Å². The van der Waals surface area contributed by atoms with Crippen LogP contribution >= 0.6 is 0 Å². The van der Waals surface area contributed by atoms with Gasteiger partial charge >= 0.3 is 5.97 Å². The standard InChI is InChI=1S/C31H39F2N3O3/c1-19-7-9-22(10-8-19)25-23-17-20(2)36-16-15-35(14-13-34-12-11-31(32,33)18-34)26(27(23)36)21(3)24(25)28(29(37)38)39-30(4,5)6/h7-10,17,28H,11-16,18H2,1-6H3,(H,37,38)/t28-/m0/s1. The van der Waals surface area contributed by atoms with Crippen molar-refractivity contribution in [2.24, 2.45) is 0 Å². The van der Waals surface area contributed by atoms with E-state index < -0.39 is 23.6 Å². The highest BCUT2D eigenvalue weighted by molar-refractivity contribution is 6.07. The van der Waals surface area contributed by atoms with E-state index in [2.05, 4.69) is 22.5 Å². The Labute approximate surface area is 229 Å². The van der Waals surface area contributed by atoms with Gasteiger partial charge in [0.25, 0.3) is 5.92 Å². The van der Waals surface area contributed by atoms with Gasteiger partial charge in [0.2, 0.25) is 0 Å². The highest BCUT2D eigenvalue weighted by Crippen LogP contribution is 2.48. The maximum Gasteiger partial charge on any atom is 0.337 e. The van der Waals surface area contributed by atoms with Crippen molar-refractivity contribution < 1.29 is 23.4 Å². The van der Waals surface area contributed by atoms with Gasteiger partial charge in [-0.25, -0.2) is 13.6 Å². The summed E-state index contributed by atoms with van der Waals surface area (Å²) in [6, 6.07) is 10.3. The SMILES string of the molecule is Cc1ccc(-c2c([C@H](OC(C)(C)C)C(=O)O)c(C)c3c4c2cc(C)n4CCN3CCN2CCC(F)(F)C2)cc1. The number of aryl methyl sites for hydroxylation is 2. The second-order valence-corrected chi connectivity index (χ2v) is 12.1. The Morgan fingerprint density at radius 3 is 2.36 bits per heavy atom. The fraction of sp³-hybridized carbons (Fsp3) is 0.516. The minimum atomic E-state index is -2.63. The summed E-state index contributed by atoms with van der Waals surface area (Å²) in [7, 11) is 0. The molecule has 1 fully saturated rings. The first-order valence-corrected chi connectivity index (χ1v) is 13.7. The zero-order valence-corrected chi connectivity index (χ0v) is 23.8. The van der Waals surface area contributed by atoms with Gasteiger partial charge in [0, 0.05) is 55.8 Å². The second-order valence-electron chi connectivity index (χ2n) is 12.1. The summed E-state index contributed by atoms with van der Waals surface area (Å²) >= 11 is 0. The Kier molecular flexibility index (Phi) is 7.00. The monoisotopic (exact) mass is 539 g/mol. The molecule has 1 N–H and O–H groups in total. The lowest BCUT2D eigenvalue weighted by molar-refractivity contribution is -0.160. The first kappa shape index (κ1) is 27.6. The third kappa shape index (κ3) is 5.29. The predicted molar refractivity (Wildman–Crippen MR) is 151 cm³/mol. The minimum absolute atomic E-state index is 0.0991. The van der Waals surface area contributed by atoms with E-state index in [9.17, 15) is 18.7 Å². The van der Waals surface area contributed by atoms with Crippen LogP contribution < -0.4 is 4.90 Å². The topological polar surface area (TPSA) is 57.9 Å². The van der Waals surface area contributed by atoms with Gasteiger partial charge in [0.05, 0.1) is 23.3 Å². The lowest BCUT2D eigenvalue weighted by atomic mass is 9.87. The average molecular weight is 540 g/mol. The van der Waals surface area contributed by atoms with Crippen molar-refractivity contribution in [3.05, 3.63) is 52.7 Å². The minimum Gasteiger partial charge on any atom is -0.479 e. The number of rotatable bonds is 7. The van der Waals surface area contributed by atoms with Crippen LogP contribution in [0.15, 0.2) is 30.3 Å². The number of benzene rings is 2. The van der Waals surface area contributed by atoms with E-state index in [1.54, 1.807) is 0 Å². The molecule has 1 saturated heterocycles. The summed E-state index contributed by atoms with van der Waals surface area (Å²) in [6.07, 6.45) is -1.27. The van der Waals surface area contributed by atoms with Crippen LogP contribution in [0.5, 0.6) is 0 Å². The Balaban J connectivity index is 1.72. The van der Waals surface area contributed by atoms with Crippen molar-refractivity contribution in [3.63, 3.8) is 0 Å². The molecule has 2 aliphatic rings. The number of aliphatic carboxylic acids is 1. The number of hydrogen-bond acceptors (Lipinski definition) is 4. The fourth-order valence-corrected chi connectivity index (χ4v) is 6.20. The van der Waals surface area contributed by atoms with Crippen molar-refractivity contribution in [1.82, 2.24) is 9.47 Å². The summed E-state index contributed by atoms with van der Waals surface area (Å²) in [5.74, 6) is -3.66. The van der Waals surface area contributed by atoms with Crippen LogP contribution in [0.3, 0.4) is 0 Å². The summed E-state index contributed by atoms with van der Waals surface area (Å²) in [4.78, 5) is 16.9. The Hall–Kier alpha value is -2.97. The first-order chi connectivity index (χ1) is 18.3. The molecule has 1 aromatic heterocycles. The molecule has 6 nitrogen and oxygen atoms in total. The Bertz CT molecular complexity index is 1410. The molecule has 0 spiro atoms. The first-order valence-electron chi connectivity index (χ1n) is 13.7. The van der Waals surface area contributed by atoms with Crippen molar-refractivity contribution in [2.45, 2.75) is 72.1 Å². The molecule has 3 heterocycles. The van der Waals surface area contributed by atoms with E-state index in [0.29, 0.717) is 25.2 Å².